The molecule has 1 saturated carbocycles. The molecule has 3 atom stereocenters. The van der Waals surface area contributed by atoms with E-state index >= 15 is 0 Å². The lowest BCUT2D eigenvalue weighted by molar-refractivity contribution is 0.0504. The van der Waals surface area contributed by atoms with Gasteiger partial charge in [0, 0.05) is 45.1 Å². The van der Waals surface area contributed by atoms with Gasteiger partial charge in [0.1, 0.15) is 11.3 Å². The molecule has 0 spiro atoms. The van der Waals surface area contributed by atoms with Crippen LogP contribution in [0.3, 0.4) is 0 Å². The molecule has 0 amide bonds. The summed E-state index contributed by atoms with van der Waals surface area (Å²) in [5.74, 6) is 1.95. The van der Waals surface area contributed by atoms with E-state index in [-0.39, 0.29) is 10.8 Å². The first-order chi connectivity index (χ1) is 14.4. The van der Waals surface area contributed by atoms with Crippen molar-refractivity contribution >= 4 is 34.9 Å². The van der Waals surface area contributed by atoms with Crippen LogP contribution in [-0.2, 0) is 5.41 Å². The summed E-state index contributed by atoms with van der Waals surface area (Å²) in [4.78, 5) is 4.01. The van der Waals surface area contributed by atoms with Crippen LogP contribution < -0.4 is 15.3 Å². The smallest absolute Gasteiger partial charge is 0.461 e. The number of furan rings is 1. The lowest BCUT2D eigenvalue weighted by atomic mass is 9.53. The van der Waals surface area contributed by atoms with Gasteiger partial charge in [-0.3, -0.25) is 0 Å². The van der Waals surface area contributed by atoms with E-state index in [1.807, 2.05) is 33.1 Å². The third-order valence-electron chi connectivity index (χ3n) is 8.32. The quantitative estimate of drug-likeness (QED) is 0.720. The van der Waals surface area contributed by atoms with Gasteiger partial charge in [-0.05, 0) is 48.5 Å². The van der Waals surface area contributed by atoms with Gasteiger partial charge in [-0.25, -0.2) is 0 Å². The van der Waals surface area contributed by atoms with E-state index in [0.717, 1.165) is 35.4 Å². The second kappa shape index (κ2) is 7.45. The van der Waals surface area contributed by atoms with E-state index in [1.165, 1.54) is 24.8 Å². The fourth-order valence-corrected chi connectivity index (χ4v) is 6.92. The summed E-state index contributed by atoms with van der Waals surface area (Å²) in [5, 5.41) is 22.0. The molecule has 1 aromatic heterocycles. The highest BCUT2D eigenvalue weighted by Gasteiger charge is 2.51. The van der Waals surface area contributed by atoms with E-state index in [0.29, 0.717) is 22.9 Å². The van der Waals surface area contributed by atoms with Crippen molar-refractivity contribution in [1.29, 1.82) is 0 Å². The van der Waals surface area contributed by atoms with Crippen LogP contribution in [-0.4, -0.2) is 45.4 Å². The summed E-state index contributed by atoms with van der Waals surface area (Å²) in [6, 6.07) is 2.22. The fourth-order valence-electron chi connectivity index (χ4n) is 6.92. The molecule has 2 aliphatic carbocycles. The fraction of sp³-hybridized carbons (Fsp3) is 0.680. The number of hydrogen-bond acceptors (Lipinski definition) is 5. The van der Waals surface area contributed by atoms with Gasteiger partial charge in [0.2, 0.25) is 0 Å². The van der Waals surface area contributed by atoms with E-state index in [2.05, 4.69) is 38.7 Å². The maximum absolute atomic E-state index is 10.5. The Labute approximate surface area is 187 Å². The summed E-state index contributed by atoms with van der Waals surface area (Å²) in [7, 11) is 6.31. The maximum atomic E-state index is 10.5. The Morgan fingerprint density at radius 2 is 1.71 bits per heavy atom. The predicted octanol–water partition coefficient (Wildman–Crippen LogP) is 4.23. The van der Waals surface area contributed by atoms with Gasteiger partial charge >= 0.3 is 7.12 Å². The summed E-state index contributed by atoms with van der Waals surface area (Å²) in [6.07, 6.45) is 5.95. The van der Waals surface area contributed by atoms with Crippen LogP contribution in [0.4, 0.5) is 11.4 Å². The minimum atomic E-state index is -1.60. The van der Waals surface area contributed by atoms with Crippen LogP contribution >= 0.6 is 0 Å². The Morgan fingerprint density at radius 1 is 1.03 bits per heavy atom. The van der Waals surface area contributed by atoms with Crippen LogP contribution in [0.5, 0.6) is 0 Å². The lowest BCUT2D eigenvalue weighted by Gasteiger charge is -2.50. The molecule has 2 aliphatic rings. The zero-order valence-electron chi connectivity index (χ0n) is 20.5. The molecule has 4 rings (SSSR count). The molecule has 0 aliphatic heterocycles. The standard InChI is InChI=1S/C25H39BN2O3/c1-15-10-11-18-24(2,3)12-9-13-25(18,4)19-16-14-17(27(5)6)21(28(7)8)20(26(29)30)23(16)31-22(15)19/h14-15,18,29-30H,9-13H2,1-8H3. The number of hydrogen-bond donors (Lipinski definition) is 2. The van der Waals surface area contributed by atoms with Crippen molar-refractivity contribution in [2.45, 2.75) is 71.1 Å². The number of nitrogens with zero attached hydrogens (tertiary/aromatic N) is 2. The summed E-state index contributed by atoms with van der Waals surface area (Å²) >= 11 is 0. The van der Waals surface area contributed by atoms with Gasteiger partial charge < -0.3 is 24.3 Å². The highest BCUT2D eigenvalue weighted by molar-refractivity contribution is 6.64. The molecule has 0 saturated heterocycles. The molecule has 5 nitrogen and oxygen atoms in total. The largest absolute Gasteiger partial charge is 0.494 e. The molecular weight excluding hydrogens is 387 g/mol. The van der Waals surface area contributed by atoms with Crippen LogP contribution in [0.15, 0.2) is 10.5 Å². The Balaban J connectivity index is 2.13. The van der Waals surface area contributed by atoms with Crippen LogP contribution in [0, 0.1) is 11.3 Å². The highest BCUT2D eigenvalue weighted by Crippen LogP contribution is 2.59. The van der Waals surface area contributed by atoms with Crippen molar-refractivity contribution in [3.63, 3.8) is 0 Å². The lowest BCUT2D eigenvalue weighted by Crippen LogP contribution is -2.44. The van der Waals surface area contributed by atoms with Crippen molar-refractivity contribution in [2.24, 2.45) is 11.3 Å². The average molecular weight is 426 g/mol. The molecule has 6 heteroatoms. The van der Waals surface area contributed by atoms with Crippen molar-refractivity contribution in [3.05, 3.63) is 17.4 Å². The Morgan fingerprint density at radius 3 is 2.29 bits per heavy atom. The second-order valence-corrected chi connectivity index (χ2v) is 11.3. The number of anilines is 2. The Kier molecular flexibility index (Phi) is 5.41. The number of fused-ring (bicyclic) bond motifs is 5. The zero-order valence-corrected chi connectivity index (χ0v) is 20.5. The minimum Gasteiger partial charge on any atom is -0.461 e. The predicted molar refractivity (Wildman–Crippen MR) is 131 cm³/mol. The normalized spacial score (nSPS) is 27.4. The molecule has 3 unspecified atom stereocenters. The Hall–Kier alpha value is -1.66. The van der Waals surface area contributed by atoms with Crippen LogP contribution in [0.1, 0.15) is 77.0 Å². The van der Waals surface area contributed by atoms with Gasteiger partial charge in [-0.15, -0.1) is 0 Å². The minimum absolute atomic E-state index is 0.0218. The van der Waals surface area contributed by atoms with Crippen molar-refractivity contribution in [2.75, 3.05) is 38.0 Å². The highest BCUT2D eigenvalue weighted by atomic mass is 16.4. The monoisotopic (exact) mass is 426 g/mol. The Bertz CT molecular complexity index is 995. The average Bonchev–Trinajstić information content (AvgIpc) is 2.99. The number of rotatable bonds is 3. The van der Waals surface area contributed by atoms with Crippen molar-refractivity contribution in [1.82, 2.24) is 0 Å². The summed E-state index contributed by atoms with van der Waals surface area (Å²) in [5.41, 5.74) is 4.53. The molecule has 2 N–H and O–H groups in total. The van der Waals surface area contributed by atoms with Crippen LogP contribution in [0.25, 0.3) is 11.0 Å². The zero-order chi connectivity index (χ0) is 22.9. The van der Waals surface area contributed by atoms with E-state index < -0.39 is 7.12 Å². The third-order valence-corrected chi connectivity index (χ3v) is 8.32. The first kappa shape index (κ1) is 22.5. The third kappa shape index (κ3) is 3.29. The molecule has 2 aromatic rings. The van der Waals surface area contributed by atoms with Gasteiger partial charge in [0.25, 0.3) is 0 Å². The molecule has 1 fully saturated rings. The topological polar surface area (TPSA) is 60.1 Å². The molecule has 0 radical (unpaired) electrons. The van der Waals surface area contributed by atoms with E-state index in [9.17, 15) is 10.0 Å². The van der Waals surface area contributed by atoms with Crippen molar-refractivity contribution < 1.29 is 14.5 Å². The van der Waals surface area contributed by atoms with Gasteiger partial charge in [0.05, 0.1) is 16.8 Å². The SMILES string of the molecule is CC1CCC2C(C)(C)CCCC2(C)c2c1oc1c(B(O)O)c(N(C)C)c(N(C)C)cc21. The van der Waals surface area contributed by atoms with Gasteiger partial charge in [-0.2, -0.15) is 0 Å². The molecular formula is C25H39BN2O3. The molecule has 0 bridgehead atoms. The van der Waals surface area contributed by atoms with Crippen LogP contribution in [0.2, 0.25) is 0 Å². The summed E-state index contributed by atoms with van der Waals surface area (Å²) in [6.45, 7) is 9.58. The summed E-state index contributed by atoms with van der Waals surface area (Å²) < 4.78 is 6.62. The first-order valence-corrected chi connectivity index (χ1v) is 11.7. The second-order valence-electron chi connectivity index (χ2n) is 11.3. The maximum Gasteiger partial charge on any atom is 0.494 e. The molecule has 1 heterocycles. The van der Waals surface area contributed by atoms with Gasteiger partial charge in [0.15, 0.2) is 0 Å². The first-order valence-electron chi connectivity index (χ1n) is 11.7. The van der Waals surface area contributed by atoms with Gasteiger partial charge in [-0.1, -0.05) is 34.1 Å². The molecule has 31 heavy (non-hydrogen) atoms. The van der Waals surface area contributed by atoms with Crippen molar-refractivity contribution in [3.8, 4) is 0 Å². The number of benzene rings is 1. The van der Waals surface area contributed by atoms with E-state index in [1.54, 1.807) is 0 Å². The van der Waals surface area contributed by atoms with E-state index in [4.69, 9.17) is 4.42 Å². The molecule has 1 aromatic carbocycles. The molecule has 170 valence electrons.